The van der Waals surface area contributed by atoms with Crippen LogP contribution in [0.15, 0.2) is 28.9 Å². The van der Waals surface area contributed by atoms with Gasteiger partial charge in [0.25, 0.3) is 0 Å². The first-order valence-corrected chi connectivity index (χ1v) is 7.79. The van der Waals surface area contributed by atoms with Gasteiger partial charge in [-0.05, 0) is 24.7 Å². The Hall–Kier alpha value is -1.33. The third-order valence-electron chi connectivity index (χ3n) is 3.97. The smallest absolute Gasteiger partial charge is 0.136 e. The lowest BCUT2D eigenvalue weighted by atomic mass is 10.1. The first-order valence-electron chi connectivity index (χ1n) is 7.00. The molecule has 3 rings (SSSR count). The topological polar surface area (TPSA) is 45.4 Å². The van der Waals surface area contributed by atoms with Crippen LogP contribution in [0.2, 0.25) is 0 Å². The molecule has 1 aromatic heterocycles. The molecule has 1 saturated heterocycles. The summed E-state index contributed by atoms with van der Waals surface area (Å²) in [5.74, 6) is 1.05. The highest BCUT2D eigenvalue weighted by Crippen LogP contribution is 2.32. The molecule has 0 bridgehead atoms. The highest BCUT2D eigenvalue weighted by molar-refractivity contribution is 9.10. The van der Waals surface area contributed by atoms with E-state index < -0.39 is 0 Å². The van der Waals surface area contributed by atoms with Crippen LogP contribution >= 0.6 is 15.9 Å². The summed E-state index contributed by atoms with van der Waals surface area (Å²) in [7, 11) is 0. The van der Waals surface area contributed by atoms with Gasteiger partial charge in [0.15, 0.2) is 0 Å². The van der Waals surface area contributed by atoms with E-state index in [4.69, 9.17) is 5.73 Å². The summed E-state index contributed by atoms with van der Waals surface area (Å²) in [5, 5.41) is 2.21. The van der Waals surface area contributed by atoms with Gasteiger partial charge in [-0.3, -0.25) is 0 Å². The van der Waals surface area contributed by atoms with Crippen LogP contribution in [0.4, 0.5) is 11.5 Å². The second kappa shape index (κ2) is 5.58. The predicted octanol–water partition coefficient (Wildman–Crippen LogP) is 2.72. The number of likely N-dealkylation sites (N-methyl/N-ethyl adjacent to an activating group) is 1. The standard InChI is InChI=1S/C15H19BrN4/c1-2-19-5-7-20(8-6-19)15-13-9-11(16)10-14(17)12(13)3-4-18-15/h3-4,9-10H,2,5-8,17H2,1H3. The van der Waals surface area contributed by atoms with E-state index in [0.29, 0.717) is 0 Å². The van der Waals surface area contributed by atoms with E-state index in [1.54, 1.807) is 0 Å². The quantitative estimate of drug-likeness (QED) is 0.857. The SMILES string of the molecule is CCN1CCN(c2nccc3c(N)cc(Br)cc23)CC1. The number of fused-ring (bicyclic) bond motifs is 1. The van der Waals surface area contributed by atoms with E-state index in [1.807, 2.05) is 18.3 Å². The van der Waals surface area contributed by atoms with E-state index >= 15 is 0 Å². The predicted molar refractivity (Wildman–Crippen MR) is 88.2 cm³/mol. The molecular weight excluding hydrogens is 316 g/mol. The minimum atomic E-state index is 0.796. The number of pyridine rings is 1. The maximum Gasteiger partial charge on any atom is 0.136 e. The van der Waals surface area contributed by atoms with Gasteiger partial charge in [-0.25, -0.2) is 4.98 Å². The number of piperazine rings is 1. The molecule has 1 aromatic carbocycles. The van der Waals surface area contributed by atoms with Crippen molar-refractivity contribution in [2.45, 2.75) is 6.92 Å². The first kappa shape index (κ1) is 13.6. The third-order valence-corrected chi connectivity index (χ3v) is 4.43. The Morgan fingerprint density at radius 2 is 1.95 bits per heavy atom. The fraction of sp³-hybridized carbons (Fsp3) is 0.400. The highest BCUT2D eigenvalue weighted by atomic mass is 79.9. The van der Waals surface area contributed by atoms with Crippen molar-refractivity contribution in [3.63, 3.8) is 0 Å². The molecule has 2 N–H and O–H groups in total. The van der Waals surface area contributed by atoms with Crippen LogP contribution in [0.3, 0.4) is 0 Å². The maximum absolute atomic E-state index is 6.11. The summed E-state index contributed by atoms with van der Waals surface area (Å²) in [6, 6.07) is 6.05. The van der Waals surface area contributed by atoms with Crippen molar-refractivity contribution in [1.82, 2.24) is 9.88 Å². The summed E-state index contributed by atoms with van der Waals surface area (Å²) in [5.41, 5.74) is 6.91. The van der Waals surface area contributed by atoms with Crippen LogP contribution in [-0.2, 0) is 0 Å². The Kier molecular flexibility index (Phi) is 3.81. The molecule has 1 fully saturated rings. The second-order valence-electron chi connectivity index (χ2n) is 5.15. The van der Waals surface area contributed by atoms with E-state index in [2.05, 4.69) is 43.7 Å². The number of nitrogen functional groups attached to an aromatic ring is 1. The van der Waals surface area contributed by atoms with Crippen molar-refractivity contribution in [1.29, 1.82) is 0 Å². The molecule has 0 atom stereocenters. The van der Waals surface area contributed by atoms with E-state index in [0.717, 1.165) is 59.5 Å². The van der Waals surface area contributed by atoms with Crippen LogP contribution in [0.5, 0.6) is 0 Å². The molecule has 4 nitrogen and oxygen atoms in total. The summed E-state index contributed by atoms with van der Waals surface area (Å²) < 4.78 is 1.00. The van der Waals surface area contributed by atoms with Gasteiger partial charge >= 0.3 is 0 Å². The molecule has 0 aliphatic carbocycles. The number of aromatic nitrogens is 1. The lowest BCUT2D eigenvalue weighted by molar-refractivity contribution is 0.271. The largest absolute Gasteiger partial charge is 0.398 e. The van der Waals surface area contributed by atoms with Crippen molar-refractivity contribution in [2.75, 3.05) is 43.4 Å². The summed E-state index contributed by atoms with van der Waals surface area (Å²) in [4.78, 5) is 9.42. The average molecular weight is 335 g/mol. The van der Waals surface area contributed by atoms with Crippen LogP contribution in [-0.4, -0.2) is 42.6 Å². The number of nitrogens with zero attached hydrogens (tertiary/aromatic N) is 3. The lowest BCUT2D eigenvalue weighted by Crippen LogP contribution is -2.46. The monoisotopic (exact) mass is 334 g/mol. The third kappa shape index (κ3) is 2.47. The Labute approximate surface area is 127 Å². The fourth-order valence-electron chi connectivity index (χ4n) is 2.79. The molecule has 2 heterocycles. The molecule has 0 saturated carbocycles. The van der Waals surface area contributed by atoms with Crippen molar-refractivity contribution in [2.24, 2.45) is 0 Å². The number of rotatable bonds is 2. The molecule has 0 amide bonds. The zero-order valence-electron chi connectivity index (χ0n) is 11.6. The number of anilines is 2. The molecule has 5 heteroatoms. The van der Waals surface area contributed by atoms with Crippen molar-refractivity contribution in [3.05, 3.63) is 28.9 Å². The van der Waals surface area contributed by atoms with E-state index in [1.165, 1.54) is 0 Å². The van der Waals surface area contributed by atoms with Gasteiger partial charge in [0.1, 0.15) is 5.82 Å². The Bertz CT molecular complexity index is 621. The molecule has 20 heavy (non-hydrogen) atoms. The van der Waals surface area contributed by atoms with Crippen LogP contribution in [0.25, 0.3) is 10.8 Å². The Morgan fingerprint density at radius 3 is 2.65 bits per heavy atom. The van der Waals surface area contributed by atoms with Crippen LogP contribution < -0.4 is 10.6 Å². The maximum atomic E-state index is 6.11. The molecular formula is C15H19BrN4. The Morgan fingerprint density at radius 1 is 1.20 bits per heavy atom. The highest BCUT2D eigenvalue weighted by Gasteiger charge is 2.19. The van der Waals surface area contributed by atoms with Gasteiger partial charge in [-0.2, -0.15) is 0 Å². The zero-order chi connectivity index (χ0) is 14.1. The molecule has 106 valence electrons. The summed E-state index contributed by atoms with van der Waals surface area (Å²) >= 11 is 3.53. The summed E-state index contributed by atoms with van der Waals surface area (Å²) in [6.45, 7) is 7.56. The molecule has 2 aromatic rings. The average Bonchev–Trinajstić information content (AvgIpc) is 2.47. The number of hydrogen-bond donors (Lipinski definition) is 1. The minimum absolute atomic E-state index is 0.796. The van der Waals surface area contributed by atoms with E-state index in [9.17, 15) is 0 Å². The van der Waals surface area contributed by atoms with Crippen molar-refractivity contribution < 1.29 is 0 Å². The first-order chi connectivity index (χ1) is 9.69. The van der Waals surface area contributed by atoms with Crippen LogP contribution in [0, 0.1) is 0 Å². The van der Waals surface area contributed by atoms with Gasteiger partial charge in [0.05, 0.1) is 0 Å². The lowest BCUT2D eigenvalue weighted by Gasteiger charge is -2.35. The second-order valence-corrected chi connectivity index (χ2v) is 6.06. The summed E-state index contributed by atoms with van der Waals surface area (Å²) in [6.07, 6.45) is 1.86. The molecule has 1 aliphatic rings. The normalized spacial score (nSPS) is 16.8. The van der Waals surface area contributed by atoms with Crippen molar-refractivity contribution >= 4 is 38.2 Å². The zero-order valence-corrected chi connectivity index (χ0v) is 13.2. The van der Waals surface area contributed by atoms with Crippen LogP contribution in [0.1, 0.15) is 6.92 Å². The fourth-order valence-corrected chi connectivity index (χ4v) is 3.27. The molecule has 0 spiro atoms. The molecule has 0 unspecified atom stereocenters. The van der Waals surface area contributed by atoms with Crippen molar-refractivity contribution in [3.8, 4) is 0 Å². The Balaban J connectivity index is 2.00. The van der Waals surface area contributed by atoms with E-state index in [-0.39, 0.29) is 0 Å². The molecule has 0 radical (unpaired) electrons. The van der Waals surface area contributed by atoms with Gasteiger partial charge in [-0.1, -0.05) is 22.9 Å². The number of nitrogens with two attached hydrogens (primary N) is 1. The van der Waals surface area contributed by atoms with Gasteiger partial charge in [0, 0.05) is 53.3 Å². The minimum Gasteiger partial charge on any atom is -0.398 e. The van der Waals surface area contributed by atoms with Gasteiger partial charge in [0.2, 0.25) is 0 Å². The number of halogens is 1. The number of benzene rings is 1. The van der Waals surface area contributed by atoms with Gasteiger partial charge in [-0.15, -0.1) is 0 Å². The van der Waals surface area contributed by atoms with Gasteiger partial charge < -0.3 is 15.5 Å². The number of hydrogen-bond acceptors (Lipinski definition) is 4. The molecule has 1 aliphatic heterocycles.